The van der Waals surface area contributed by atoms with Crippen molar-refractivity contribution in [3.63, 3.8) is 0 Å². The van der Waals surface area contributed by atoms with E-state index in [0.717, 1.165) is 43.5 Å². The molecular weight excluding hydrogens is 461 g/mol. The van der Waals surface area contributed by atoms with Gasteiger partial charge in [-0.3, -0.25) is 4.99 Å². The Morgan fingerprint density at radius 3 is 2.89 bits per heavy atom. The number of methoxy groups -OCH3 is 1. The Morgan fingerprint density at radius 2 is 2.19 bits per heavy atom. The zero-order valence-electron chi connectivity index (χ0n) is 16.4. The number of nitrogens with one attached hydrogen (secondary N) is 2. The molecule has 2 unspecified atom stereocenters. The maximum absolute atomic E-state index is 5.82. The third kappa shape index (κ3) is 9.48. The average molecular weight is 493 g/mol. The number of nitrogens with zero attached hydrogens (tertiary/aromatic N) is 1. The molecule has 2 rings (SSSR count). The highest BCUT2D eigenvalue weighted by atomic mass is 127. The SMILES string of the molecule is CN=C(NCCCOc1cccc(OC)c1)NC(C)COC1CCOC1.I. The highest BCUT2D eigenvalue weighted by Crippen LogP contribution is 2.18. The Morgan fingerprint density at radius 1 is 1.37 bits per heavy atom. The molecule has 2 atom stereocenters. The molecule has 1 fully saturated rings. The number of aliphatic imine (C=N–C) groups is 1. The van der Waals surface area contributed by atoms with Crippen LogP contribution < -0.4 is 20.1 Å². The van der Waals surface area contributed by atoms with Crippen molar-refractivity contribution < 1.29 is 18.9 Å². The van der Waals surface area contributed by atoms with Crippen LogP contribution >= 0.6 is 24.0 Å². The molecular formula is C19H32IN3O4. The van der Waals surface area contributed by atoms with Gasteiger partial charge in [0, 0.05) is 32.3 Å². The number of ether oxygens (including phenoxy) is 4. The van der Waals surface area contributed by atoms with Crippen LogP contribution in [-0.2, 0) is 9.47 Å². The molecule has 2 N–H and O–H groups in total. The summed E-state index contributed by atoms with van der Waals surface area (Å²) in [5.41, 5.74) is 0. The van der Waals surface area contributed by atoms with E-state index in [2.05, 4.69) is 22.5 Å². The first kappa shape index (κ1) is 23.8. The number of guanidine groups is 1. The molecule has 0 amide bonds. The van der Waals surface area contributed by atoms with Gasteiger partial charge in [-0.1, -0.05) is 6.07 Å². The number of hydrogen-bond donors (Lipinski definition) is 2. The van der Waals surface area contributed by atoms with Crippen LogP contribution in [0.4, 0.5) is 0 Å². The normalized spacial score (nSPS) is 17.7. The van der Waals surface area contributed by atoms with E-state index in [1.807, 2.05) is 24.3 Å². The van der Waals surface area contributed by atoms with Crippen LogP contribution in [0.2, 0.25) is 0 Å². The van der Waals surface area contributed by atoms with Gasteiger partial charge in [-0.05, 0) is 31.9 Å². The van der Waals surface area contributed by atoms with Crippen LogP contribution in [0.3, 0.4) is 0 Å². The van der Waals surface area contributed by atoms with Crippen molar-refractivity contribution in [2.75, 3.05) is 47.1 Å². The first-order valence-electron chi connectivity index (χ1n) is 9.14. The monoisotopic (exact) mass is 493 g/mol. The van der Waals surface area contributed by atoms with E-state index >= 15 is 0 Å². The third-order valence-electron chi connectivity index (χ3n) is 4.00. The fraction of sp³-hybridized carbons (Fsp3) is 0.632. The lowest BCUT2D eigenvalue weighted by molar-refractivity contribution is 0.0347. The summed E-state index contributed by atoms with van der Waals surface area (Å²) in [6.07, 6.45) is 2.07. The van der Waals surface area contributed by atoms with Gasteiger partial charge in [0.1, 0.15) is 11.5 Å². The van der Waals surface area contributed by atoms with Crippen molar-refractivity contribution in [2.24, 2.45) is 4.99 Å². The summed E-state index contributed by atoms with van der Waals surface area (Å²) >= 11 is 0. The Hall–Kier alpha value is -1.26. The molecule has 1 saturated heterocycles. The van der Waals surface area contributed by atoms with Crippen LogP contribution in [0, 0.1) is 0 Å². The second-order valence-corrected chi connectivity index (χ2v) is 6.24. The van der Waals surface area contributed by atoms with Gasteiger partial charge in [-0.25, -0.2) is 0 Å². The van der Waals surface area contributed by atoms with Crippen molar-refractivity contribution >= 4 is 29.9 Å². The molecule has 0 spiro atoms. The van der Waals surface area contributed by atoms with Crippen molar-refractivity contribution in [1.29, 1.82) is 0 Å². The predicted molar refractivity (Wildman–Crippen MR) is 118 cm³/mol. The minimum Gasteiger partial charge on any atom is -0.497 e. The van der Waals surface area contributed by atoms with E-state index in [4.69, 9.17) is 18.9 Å². The van der Waals surface area contributed by atoms with Crippen LogP contribution in [0.25, 0.3) is 0 Å². The summed E-state index contributed by atoms with van der Waals surface area (Å²) in [6, 6.07) is 7.79. The maximum atomic E-state index is 5.82. The zero-order valence-corrected chi connectivity index (χ0v) is 18.7. The molecule has 27 heavy (non-hydrogen) atoms. The zero-order chi connectivity index (χ0) is 18.6. The largest absolute Gasteiger partial charge is 0.497 e. The lowest BCUT2D eigenvalue weighted by Crippen LogP contribution is -2.45. The minimum atomic E-state index is 0. The van der Waals surface area contributed by atoms with E-state index in [9.17, 15) is 0 Å². The molecule has 1 aromatic rings. The fourth-order valence-corrected chi connectivity index (χ4v) is 2.55. The first-order chi connectivity index (χ1) is 12.7. The average Bonchev–Trinajstić information content (AvgIpc) is 3.19. The third-order valence-corrected chi connectivity index (χ3v) is 4.00. The second-order valence-electron chi connectivity index (χ2n) is 6.24. The van der Waals surface area contributed by atoms with E-state index < -0.39 is 0 Å². The summed E-state index contributed by atoms with van der Waals surface area (Å²) in [5, 5.41) is 6.62. The Bertz CT molecular complexity index is 554. The molecule has 8 heteroatoms. The van der Waals surface area contributed by atoms with Gasteiger partial charge >= 0.3 is 0 Å². The van der Waals surface area contributed by atoms with Crippen molar-refractivity contribution in [3.05, 3.63) is 24.3 Å². The molecule has 0 radical (unpaired) electrons. The van der Waals surface area contributed by atoms with Gasteiger partial charge in [0.15, 0.2) is 5.96 Å². The van der Waals surface area contributed by atoms with Crippen LogP contribution in [0.5, 0.6) is 11.5 Å². The molecule has 0 aliphatic carbocycles. The van der Waals surface area contributed by atoms with Crippen molar-refractivity contribution in [2.45, 2.75) is 31.9 Å². The van der Waals surface area contributed by atoms with Gasteiger partial charge in [0.2, 0.25) is 0 Å². The molecule has 1 aliphatic heterocycles. The van der Waals surface area contributed by atoms with Crippen LogP contribution in [0.1, 0.15) is 19.8 Å². The summed E-state index contributed by atoms with van der Waals surface area (Å²) in [7, 11) is 3.41. The number of benzene rings is 1. The molecule has 7 nitrogen and oxygen atoms in total. The topological polar surface area (TPSA) is 73.3 Å². The lowest BCUT2D eigenvalue weighted by Gasteiger charge is -2.19. The smallest absolute Gasteiger partial charge is 0.191 e. The second kappa shape index (κ2) is 13.8. The Labute approximate surface area is 179 Å². The number of rotatable bonds is 10. The Kier molecular flexibility index (Phi) is 12.2. The molecule has 1 aromatic carbocycles. The summed E-state index contributed by atoms with van der Waals surface area (Å²) in [6.45, 7) is 5.61. The fourth-order valence-electron chi connectivity index (χ4n) is 2.55. The van der Waals surface area contributed by atoms with Gasteiger partial charge in [-0.2, -0.15) is 0 Å². The highest BCUT2D eigenvalue weighted by molar-refractivity contribution is 14.0. The summed E-state index contributed by atoms with van der Waals surface area (Å²) < 4.78 is 22.0. The van der Waals surface area contributed by atoms with Gasteiger partial charge < -0.3 is 29.6 Å². The van der Waals surface area contributed by atoms with Crippen LogP contribution in [0.15, 0.2) is 29.3 Å². The van der Waals surface area contributed by atoms with E-state index in [0.29, 0.717) is 19.8 Å². The molecule has 1 heterocycles. The molecule has 0 bridgehead atoms. The minimum absolute atomic E-state index is 0. The highest BCUT2D eigenvalue weighted by Gasteiger charge is 2.17. The summed E-state index contributed by atoms with van der Waals surface area (Å²) in [5.74, 6) is 2.38. The lowest BCUT2D eigenvalue weighted by atomic mass is 10.3. The molecule has 0 aromatic heterocycles. The summed E-state index contributed by atoms with van der Waals surface area (Å²) in [4.78, 5) is 4.24. The molecule has 0 saturated carbocycles. The predicted octanol–water partition coefficient (Wildman–Crippen LogP) is 2.44. The van der Waals surface area contributed by atoms with E-state index in [-0.39, 0.29) is 36.1 Å². The van der Waals surface area contributed by atoms with Crippen molar-refractivity contribution in [1.82, 2.24) is 10.6 Å². The molecule has 154 valence electrons. The van der Waals surface area contributed by atoms with E-state index in [1.54, 1.807) is 14.2 Å². The van der Waals surface area contributed by atoms with Gasteiger partial charge in [-0.15, -0.1) is 24.0 Å². The maximum Gasteiger partial charge on any atom is 0.191 e. The first-order valence-corrected chi connectivity index (χ1v) is 9.14. The quantitative estimate of drug-likeness (QED) is 0.226. The number of hydrogen-bond acceptors (Lipinski definition) is 5. The Balaban J connectivity index is 0.00000364. The van der Waals surface area contributed by atoms with Gasteiger partial charge in [0.05, 0.1) is 33.0 Å². The standard InChI is InChI=1S/C19H31N3O4.HI/c1-15(13-26-18-8-11-24-14-18)22-19(20-2)21-9-5-10-25-17-7-4-6-16(12-17)23-3;/h4,6-7,12,15,18H,5,8-11,13-14H2,1-3H3,(H2,20,21,22);1H. The number of halogens is 1. The van der Waals surface area contributed by atoms with E-state index in [1.165, 1.54) is 0 Å². The van der Waals surface area contributed by atoms with Crippen molar-refractivity contribution in [3.8, 4) is 11.5 Å². The molecule has 1 aliphatic rings. The van der Waals surface area contributed by atoms with Gasteiger partial charge in [0.25, 0.3) is 0 Å². The van der Waals surface area contributed by atoms with Crippen LogP contribution in [-0.4, -0.2) is 65.2 Å².